The second kappa shape index (κ2) is 13.7. The number of aliphatic hydroxyl groups excluding tert-OH is 1. The average molecular weight is 650 g/mol. The molecule has 0 fully saturated rings. The van der Waals surface area contributed by atoms with Crippen molar-refractivity contribution in [2.45, 2.75) is 36.9 Å². The summed E-state index contributed by atoms with van der Waals surface area (Å²) < 4.78 is 40.8. The van der Waals surface area contributed by atoms with Crippen LogP contribution in [-0.4, -0.2) is 41.7 Å². The van der Waals surface area contributed by atoms with Crippen LogP contribution in [0.25, 0.3) is 22.2 Å². The van der Waals surface area contributed by atoms with Gasteiger partial charge in [0.15, 0.2) is 5.60 Å². The topological polar surface area (TPSA) is 139 Å². The molecule has 0 aliphatic heterocycles. The SMILES string of the molecule is CC(C)(Oc1cccc2ccccc12)c1nc(-c2ccc(S(=O)(=O)Nc3ccc(CCNCC(O)c4cccnc4)cc3)cc2)no1. The zero-order chi connectivity index (χ0) is 32.9. The Morgan fingerprint density at radius 3 is 2.45 bits per heavy atom. The summed E-state index contributed by atoms with van der Waals surface area (Å²) in [4.78, 5) is 8.69. The van der Waals surface area contributed by atoms with Crippen LogP contribution < -0.4 is 14.8 Å². The van der Waals surface area contributed by atoms with Gasteiger partial charge in [0.05, 0.1) is 11.0 Å². The first-order valence-electron chi connectivity index (χ1n) is 15.2. The standard InChI is InChI=1S/C36H35N5O5S/c1-36(2,45-33-11-5-8-26-7-3-4-10-31(26)33)35-39-34(40-46-35)27-14-18-30(19-15-27)47(43,44)41-29-16-12-25(13-17-29)20-22-38-24-32(42)28-9-6-21-37-23-28/h3-19,21,23,32,38,41-42H,20,22,24H2,1-2H3. The van der Waals surface area contributed by atoms with Crippen molar-refractivity contribution in [3.63, 3.8) is 0 Å². The number of rotatable bonds is 13. The van der Waals surface area contributed by atoms with Crippen LogP contribution in [0.2, 0.25) is 0 Å². The van der Waals surface area contributed by atoms with Gasteiger partial charge < -0.3 is 19.7 Å². The molecule has 4 aromatic carbocycles. The van der Waals surface area contributed by atoms with Crippen LogP contribution in [0.3, 0.4) is 0 Å². The third-order valence-corrected chi connectivity index (χ3v) is 9.08. The molecule has 0 radical (unpaired) electrons. The molecule has 0 bridgehead atoms. The summed E-state index contributed by atoms with van der Waals surface area (Å²) in [7, 11) is -3.83. The van der Waals surface area contributed by atoms with Crippen LogP contribution in [0.15, 0.2) is 125 Å². The monoisotopic (exact) mass is 649 g/mol. The number of fused-ring (bicyclic) bond motifs is 1. The molecule has 6 aromatic rings. The van der Waals surface area contributed by atoms with Gasteiger partial charge in [0.2, 0.25) is 5.82 Å². The summed E-state index contributed by atoms with van der Waals surface area (Å²) in [6.45, 7) is 4.78. The molecule has 1 atom stereocenters. The van der Waals surface area contributed by atoms with Crippen molar-refractivity contribution in [2.24, 2.45) is 0 Å². The van der Waals surface area contributed by atoms with Crippen molar-refractivity contribution in [1.29, 1.82) is 0 Å². The van der Waals surface area contributed by atoms with Gasteiger partial charge in [-0.05, 0) is 86.3 Å². The highest BCUT2D eigenvalue weighted by Crippen LogP contribution is 2.33. The molecule has 0 aliphatic carbocycles. The smallest absolute Gasteiger partial charge is 0.270 e. The van der Waals surface area contributed by atoms with Gasteiger partial charge in [-0.25, -0.2) is 8.42 Å². The third kappa shape index (κ3) is 7.66. The predicted octanol–water partition coefficient (Wildman–Crippen LogP) is 6.27. The lowest BCUT2D eigenvalue weighted by Gasteiger charge is -2.23. The molecule has 0 spiro atoms. The minimum atomic E-state index is -3.83. The summed E-state index contributed by atoms with van der Waals surface area (Å²) in [5.41, 5.74) is 1.93. The first kappa shape index (κ1) is 31.9. The molecule has 0 aliphatic rings. The van der Waals surface area contributed by atoms with Crippen molar-refractivity contribution in [2.75, 3.05) is 17.8 Å². The number of nitrogens with zero attached hydrogens (tertiary/aromatic N) is 3. The first-order valence-corrected chi connectivity index (χ1v) is 16.7. The van der Waals surface area contributed by atoms with E-state index in [9.17, 15) is 13.5 Å². The maximum Gasteiger partial charge on any atom is 0.270 e. The van der Waals surface area contributed by atoms with Crippen molar-refractivity contribution >= 4 is 26.5 Å². The van der Waals surface area contributed by atoms with E-state index in [1.165, 1.54) is 12.1 Å². The molecule has 1 unspecified atom stereocenters. The molecule has 240 valence electrons. The van der Waals surface area contributed by atoms with E-state index in [0.29, 0.717) is 41.8 Å². The molecule has 0 saturated heterocycles. The highest BCUT2D eigenvalue weighted by Gasteiger charge is 2.31. The highest BCUT2D eigenvalue weighted by molar-refractivity contribution is 7.92. The first-order chi connectivity index (χ1) is 22.7. The molecule has 0 amide bonds. The maximum absolute atomic E-state index is 13.1. The summed E-state index contributed by atoms with van der Waals surface area (Å²) in [5, 5.41) is 19.6. The van der Waals surface area contributed by atoms with Crippen molar-refractivity contribution in [3.8, 4) is 17.1 Å². The lowest BCUT2D eigenvalue weighted by molar-refractivity contribution is 0.0709. The second-order valence-electron chi connectivity index (χ2n) is 11.6. The number of benzene rings is 4. The number of ether oxygens (including phenoxy) is 1. The molecular weight excluding hydrogens is 614 g/mol. The number of hydrogen-bond donors (Lipinski definition) is 3. The number of pyridine rings is 1. The van der Waals surface area contributed by atoms with Gasteiger partial charge >= 0.3 is 0 Å². The lowest BCUT2D eigenvalue weighted by Crippen LogP contribution is -2.25. The number of sulfonamides is 1. The van der Waals surface area contributed by atoms with Crippen molar-refractivity contribution in [1.82, 2.24) is 20.4 Å². The Morgan fingerprint density at radius 1 is 0.915 bits per heavy atom. The van der Waals surface area contributed by atoms with Gasteiger partial charge in [0.25, 0.3) is 15.9 Å². The molecule has 2 aromatic heterocycles. The molecule has 11 heteroatoms. The summed E-state index contributed by atoms with van der Waals surface area (Å²) in [5.74, 6) is 1.32. The van der Waals surface area contributed by atoms with Gasteiger partial charge in [-0.15, -0.1) is 0 Å². The van der Waals surface area contributed by atoms with Crippen molar-refractivity contribution < 1.29 is 22.8 Å². The van der Waals surface area contributed by atoms with Gasteiger partial charge in [-0.1, -0.05) is 59.8 Å². The quantitative estimate of drug-likeness (QED) is 0.124. The zero-order valence-corrected chi connectivity index (χ0v) is 26.8. The van der Waals surface area contributed by atoms with Gasteiger partial charge in [-0.2, -0.15) is 4.98 Å². The van der Waals surface area contributed by atoms with E-state index < -0.39 is 21.7 Å². The Labute approximate surface area is 273 Å². The van der Waals surface area contributed by atoms with Crippen LogP contribution >= 0.6 is 0 Å². The fourth-order valence-electron chi connectivity index (χ4n) is 5.09. The average Bonchev–Trinajstić information content (AvgIpc) is 3.60. The molecule has 2 heterocycles. The van der Waals surface area contributed by atoms with Crippen LogP contribution in [0.5, 0.6) is 5.75 Å². The minimum Gasteiger partial charge on any atom is -0.477 e. The maximum atomic E-state index is 13.1. The normalized spacial score (nSPS) is 12.6. The predicted molar refractivity (Wildman–Crippen MR) is 180 cm³/mol. The summed E-state index contributed by atoms with van der Waals surface area (Å²) >= 11 is 0. The Balaban J connectivity index is 1.04. The lowest BCUT2D eigenvalue weighted by atomic mass is 10.1. The summed E-state index contributed by atoms with van der Waals surface area (Å²) in [6.07, 6.45) is 3.41. The fourth-order valence-corrected chi connectivity index (χ4v) is 6.15. The van der Waals surface area contributed by atoms with Crippen LogP contribution in [0.4, 0.5) is 5.69 Å². The van der Waals surface area contributed by atoms with Crippen LogP contribution in [0.1, 0.15) is 37.0 Å². The number of hydrogen-bond acceptors (Lipinski definition) is 9. The van der Waals surface area contributed by atoms with Crippen molar-refractivity contribution in [3.05, 3.63) is 133 Å². The highest BCUT2D eigenvalue weighted by atomic mass is 32.2. The minimum absolute atomic E-state index is 0.102. The molecule has 47 heavy (non-hydrogen) atoms. The Kier molecular flexibility index (Phi) is 9.30. The number of aliphatic hydroxyl groups is 1. The van der Waals surface area contributed by atoms with Crippen LogP contribution in [0, 0.1) is 0 Å². The van der Waals surface area contributed by atoms with E-state index in [2.05, 4.69) is 25.2 Å². The number of aromatic nitrogens is 3. The molecule has 10 nitrogen and oxygen atoms in total. The Morgan fingerprint density at radius 2 is 1.68 bits per heavy atom. The Bertz CT molecular complexity index is 2040. The molecule has 0 saturated carbocycles. The van der Waals surface area contributed by atoms with E-state index in [4.69, 9.17) is 9.26 Å². The summed E-state index contributed by atoms with van der Waals surface area (Å²) in [6, 6.07) is 31.0. The van der Waals surface area contributed by atoms with E-state index in [0.717, 1.165) is 28.3 Å². The fraction of sp³-hybridized carbons (Fsp3) is 0.194. The van der Waals surface area contributed by atoms with E-state index in [-0.39, 0.29) is 4.90 Å². The van der Waals surface area contributed by atoms with Gasteiger partial charge in [-0.3, -0.25) is 9.71 Å². The zero-order valence-electron chi connectivity index (χ0n) is 26.0. The largest absolute Gasteiger partial charge is 0.477 e. The Hall–Kier alpha value is -5.10. The number of anilines is 1. The van der Waals surface area contributed by atoms with Gasteiger partial charge in [0, 0.05) is 41.1 Å². The number of nitrogens with one attached hydrogen (secondary N) is 2. The van der Waals surface area contributed by atoms with E-state index >= 15 is 0 Å². The molecular formula is C36H35N5O5S. The van der Waals surface area contributed by atoms with Crippen LogP contribution in [-0.2, 0) is 22.0 Å². The molecule has 3 N–H and O–H groups in total. The van der Waals surface area contributed by atoms with Gasteiger partial charge in [0.1, 0.15) is 5.75 Å². The van der Waals surface area contributed by atoms with E-state index in [1.807, 2.05) is 74.5 Å². The second-order valence-corrected chi connectivity index (χ2v) is 13.3. The molecule has 6 rings (SSSR count). The van der Waals surface area contributed by atoms with E-state index in [1.54, 1.807) is 42.7 Å². The third-order valence-electron chi connectivity index (χ3n) is 7.68.